The van der Waals surface area contributed by atoms with E-state index in [4.69, 9.17) is 0 Å². The average molecular weight is 335 g/mol. The van der Waals surface area contributed by atoms with Crippen molar-refractivity contribution in [2.45, 2.75) is 18.5 Å². The lowest BCUT2D eigenvalue weighted by molar-refractivity contribution is -0.137. The maximum absolute atomic E-state index is 12.6. The lowest BCUT2D eigenvalue weighted by Gasteiger charge is -2.24. The number of carbonyl (C=O) groups is 1. The molecule has 1 amide bonds. The molecule has 1 fully saturated rings. The van der Waals surface area contributed by atoms with Crippen molar-refractivity contribution < 1.29 is 18.0 Å². The van der Waals surface area contributed by atoms with Crippen LogP contribution in [0.3, 0.4) is 0 Å². The Kier molecular flexibility index (Phi) is 5.48. The summed E-state index contributed by atoms with van der Waals surface area (Å²) in [7, 11) is 0. The van der Waals surface area contributed by atoms with E-state index >= 15 is 0 Å². The third-order valence-electron chi connectivity index (χ3n) is 3.17. The van der Waals surface area contributed by atoms with Crippen LogP contribution in [0.2, 0.25) is 0 Å². The van der Waals surface area contributed by atoms with Crippen LogP contribution in [0.4, 0.5) is 13.2 Å². The molecular weight excluding hydrogens is 319 g/mol. The number of benzene rings is 1. The van der Waals surface area contributed by atoms with Crippen LogP contribution < -0.4 is 0 Å². The molecule has 1 aromatic carbocycles. The van der Waals surface area contributed by atoms with Gasteiger partial charge in [-0.2, -0.15) is 24.9 Å². The van der Waals surface area contributed by atoms with E-state index in [0.29, 0.717) is 12.3 Å². The van der Waals surface area contributed by atoms with Gasteiger partial charge in [-0.25, -0.2) is 0 Å². The molecule has 21 heavy (non-hydrogen) atoms. The molecule has 0 radical (unpaired) electrons. The van der Waals surface area contributed by atoms with Crippen molar-refractivity contribution in [2.24, 2.45) is 0 Å². The van der Waals surface area contributed by atoms with E-state index in [1.54, 1.807) is 16.7 Å². The fourth-order valence-electron chi connectivity index (χ4n) is 2.12. The van der Waals surface area contributed by atoms with Gasteiger partial charge >= 0.3 is 6.18 Å². The maximum atomic E-state index is 12.6. The van der Waals surface area contributed by atoms with Crippen LogP contribution >= 0.6 is 23.5 Å². The number of hydrogen-bond donors (Lipinski definition) is 0. The first-order chi connectivity index (χ1) is 9.93. The summed E-state index contributed by atoms with van der Waals surface area (Å²) in [5.74, 6) is 2.28. The molecule has 1 atom stereocenters. The second kappa shape index (κ2) is 6.96. The zero-order chi connectivity index (χ0) is 15.5. The fourth-order valence-corrected chi connectivity index (χ4v) is 3.95. The van der Waals surface area contributed by atoms with Crippen LogP contribution in [0.5, 0.6) is 0 Å². The summed E-state index contributed by atoms with van der Waals surface area (Å²) < 4.78 is 37.7. The molecule has 1 aliphatic heterocycles. The molecule has 7 heteroatoms. The molecule has 1 unspecified atom stereocenters. The van der Waals surface area contributed by atoms with Crippen LogP contribution in [0.15, 0.2) is 24.3 Å². The predicted octanol–water partition coefficient (Wildman–Crippen LogP) is 4.03. The van der Waals surface area contributed by atoms with Gasteiger partial charge in [0.25, 0.3) is 0 Å². The first-order valence-corrected chi connectivity index (χ1v) is 8.79. The quantitative estimate of drug-likeness (QED) is 0.758. The summed E-state index contributed by atoms with van der Waals surface area (Å²) in [6.07, 6.45) is -4.32. The van der Waals surface area contributed by atoms with E-state index in [1.165, 1.54) is 23.9 Å². The smallest absolute Gasteiger partial charge is 0.325 e. The Morgan fingerprint density at radius 3 is 2.57 bits per heavy atom. The van der Waals surface area contributed by atoms with Gasteiger partial charge in [-0.1, -0.05) is 19.1 Å². The highest BCUT2D eigenvalue weighted by Gasteiger charge is 2.34. The second-order valence-electron chi connectivity index (χ2n) is 4.57. The van der Waals surface area contributed by atoms with Crippen molar-refractivity contribution in [1.29, 1.82) is 0 Å². The van der Waals surface area contributed by atoms with Gasteiger partial charge in [0, 0.05) is 12.3 Å². The lowest BCUT2D eigenvalue weighted by Crippen LogP contribution is -2.30. The third-order valence-corrected chi connectivity index (χ3v) is 5.31. The van der Waals surface area contributed by atoms with Gasteiger partial charge in [0.05, 0.1) is 11.3 Å². The van der Waals surface area contributed by atoms with E-state index in [9.17, 15) is 18.0 Å². The number of amides is 1. The molecule has 116 valence electrons. The molecule has 0 aliphatic carbocycles. The number of carbonyl (C=O) groups excluding carboxylic acids is 1. The Morgan fingerprint density at radius 2 is 2.00 bits per heavy atom. The molecule has 0 saturated carbocycles. The van der Waals surface area contributed by atoms with E-state index in [1.807, 2.05) is 0 Å². The highest BCUT2D eigenvalue weighted by molar-refractivity contribution is 8.00. The first-order valence-electron chi connectivity index (χ1n) is 6.59. The summed E-state index contributed by atoms with van der Waals surface area (Å²) in [6.45, 7) is 2.69. The molecule has 1 heterocycles. The van der Waals surface area contributed by atoms with Gasteiger partial charge < -0.3 is 4.90 Å². The normalized spacial score (nSPS) is 19.3. The SMILES string of the molecule is CCSCCN1C(=O)CSC1c1ccc(C(F)(F)F)cc1. The highest BCUT2D eigenvalue weighted by atomic mass is 32.2. The molecule has 0 spiro atoms. The Hall–Kier alpha value is -0.820. The first kappa shape index (κ1) is 16.5. The summed E-state index contributed by atoms with van der Waals surface area (Å²) in [4.78, 5) is 13.7. The van der Waals surface area contributed by atoms with E-state index in [2.05, 4.69) is 6.92 Å². The van der Waals surface area contributed by atoms with Gasteiger partial charge in [0.1, 0.15) is 5.37 Å². The molecule has 1 aromatic rings. The second-order valence-corrected chi connectivity index (χ2v) is 7.03. The van der Waals surface area contributed by atoms with Crippen LogP contribution in [-0.4, -0.2) is 34.6 Å². The minimum Gasteiger partial charge on any atom is -0.325 e. The lowest BCUT2D eigenvalue weighted by atomic mass is 10.1. The van der Waals surface area contributed by atoms with Crippen molar-refractivity contribution >= 4 is 29.4 Å². The zero-order valence-corrected chi connectivity index (χ0v) is 13.2. The summed E-state index contributed by atoms with van der Waals surface area (Å²) in [5, 5.41) is -0.169. The average Bonchev–Trinajstić information content (AvgIpc) is 2.80. The monoisotopic (exact) mass is 335 g/mol. The van der Waals surface area contributed by atoms with Crippen molar-refractivity contribution in [2.75, 3.05) is 23.8 Å². The van der Waals surface area contributed by atoms with E-state index in [0.717, 1.165) is 29.2 Å². The number of rotatable bonds is 5. The van der Waals surface area contributed by atoms with Crippen LogP contribution in [0, 0.1) is 0 Å². The largest absolute Gasteiger partial charge is 0.416 e. The Balaban J connectivity index is 2.10. The minimum atomic E-state index is -4.32. The van der Waals surface area contributed by atoms with Crippen LogP contribution in [0.25, 0.3) is 0 Å². The Morgan fingerprint density at radius 1 is 1.33 bits per heavy atom. The topological polar surface area (TPSA) is 20.3 Å². The van der Waals surface area contributed by atoms with E-state index < -0.39 is 11.7 Å². The van der Waals surface area contributed by atoms with Crippen molar-refractivity contribution in [3.8, 4) is 0 Å². The van der Waals surface area contributed by atoms with Crippen molar-refractivity contribution in [3.05, 3.63) is 35.4 Å². The number of halogens is 3. The minimum absolute atomic E-state index is 0.0570. The predicted molar refractivity (Wildman–Crippen MR) is 81.4 cm³/mol. The van der Waals surface area contributed by atoms with Gasteiger partial charge in [0.15, 0.2) is 0 Å². The maximum Gasteiger partial charge on any atom is 0.416 e. The fraction of sp³-hybridized carbons (Fsp3) is 0.500. The highest BCUT2D eigenvalue weighted by Crippen LogP contribution is 2.39. The third kappa shape index (κ3) is 4.10. The number of thioether (sulfide) groups is 2. The zero-order valence-electron chi connectivity index (χ0n) is 11.5. The summed E-state index contributed by atoms with van der Waals surface area (Å²) >= 11 is 3.22. The molecule has 2 nitrogen and oxygen atoms in total. The van der Waals surface area contributed by atoms with Gasteiger partial charge in [-0.15, -0.1) is 11.8 Å². The van der Waals surface area contributed by atoms with E-state index in [-0.39, 0.29) is 11.3 Å². The summed E-state index contributed by atoms with van der Waals surface area (Å²) in [6, 6.07) is 5.10. The van der Waals surface area contributed by atoms with Crippen LogP contribution in [-0.2, 0) is 11.0 Å². The molecule has 0 bridgehead atoms. The van der Waals surface area contributed by atoms with Gasteiger partial charge in [-0.05, 0) is 23.4 Å². The van der Waals surface area contributed by atoms with Crippen molar-refractivity contribution in [3.63, 3.8) is 0 Å². The molecular formula is C14H16F3NOS2. The number of nitrogens with zero attached hydrogens (tertiary/aromatic N) is 1. The number of alkyl halides is 3. The molecule has 1 saturated heterocycles. The van der Waals surface area contributed by atoms with Crippen LogP contribution in [0.1, 0.15) is 23.4 Å². The molecule has 0 aromatic heterocycles. The van der Waals surface area contributed by atoms with Gasteiger partial charge in [-0.3, -0.25) is 4.79 Å². The molecule has 0 N–H and O–H groups in total. The molecule has 1 aliphatic rings. The summed E-state index contributed by atoms with van der Waals surface area (Å²) in [5.41, 5.74) is 0.0917. The Labute approximate surface area is 130 Å². The molecule has 2 rings (SSSR count). The Bertz CT molecular complexity index is 490. The van der Waals surface area contributed by atoms with Crippen molar-refractivity contribution in [1.82, 2.24) is 4.90 Å². The standard InChI is InChI=1S/C14H16F3NOS2/c1-2-20-8-7-18-12(19)9-21-13(18)10-3-5-11(6-4-10)14(15,16)17/h3-6,13H,2,7-9H2,1H3. The number of hydrogen-bond acceptors (Lipinski definition) is 3. The van der Waals surface area contributed by atoms with Gasteiger partial charge in [0.2, 0.25) is 5.91 Å².